The first-order valence-electron chi connectivity index (χ1n) is 31.5. The van der Waals surface area contributed by atoms with Crippen molar-refractivity contribution >= 4 is 23.6 Å². The van der Waals surface area contributed by atoms with Crippen LogP contribution in [0.3, 0.4) is 0 Å². The molecule has 12 rings (SSSR count). The number of amides is 4. The SMILES string of the molecule is CC(C)N1CCC2(CC1)CN(C(=O)C1CC1)C2.CC(C)N1CCC2(CC1)CN(C(=O)C1CCC1)C2.CC(C)N1CCC2(CC1)CN(C(=O)C1CCCC1)C2.CC(C)N1CCC2(CC1)CN(C(=O)C1CCCCC1)C2. The number of rotatable bonds is 8. The molecule has 0 radical (unpaired) electrons. The minimum Gasteiger partial charge on any atom is -0.341 e. The lowest BCUT2D eigenvalue weighted by Gasteiger charge is -2.55. The Morgan fingerprint density at radius 2 is 0.473 bits per heavy atom. The molecule has 12 heteroatoms. The lowest BCUT2D eigenvalue weighted by molar-refractivity contribution is -0.154. The van der Waals surface area contributed by atoms with Crippen molar-refractivity contribution in [1.29, 1.82) is 0 Å². The van der Waals surface area contributed by atoms with Gasteiger partial charge in [-0.05, 0) is 210 Å². The molecule has 12 aliphatic rings. The van der Waals surface area contributed by atoms with Gasteiger partial charge in [-0.2, -0.15) is 0 Å². The van der Waals surface area contributed by atoms with Crippen LogP contribution in [0.2, 0.25) is 0 Å². The van der Waals surface area contributed by atoms with Crippen molar-refractivity contribution in [2.45, 2.75) is 221 Å². The van der Waals surface area contributed by atoms with Crippen LogP contribution in [-0.2, 0) is 19.2 Å². The fourth-order valence-corrected chi connectivity index (χ4v) is 15.5. The van der Waals surface area contributed by atoms with E-state index >= 15 is 0 Å². The molecule has 0 aromatic heterocycles. The fraction of sp³-hybridized carbons (Fsp3) is 0.935. The second-order valence-corrected chi connectivity index (χ2v) is 28.5. The molecule has 4 saturated carbocycles. The monoisotopic (exact) mass is 1030 g/mol. The zero-order chi connectivity index (χ0) is 52.4. The normalized spacial score (nSPS) is 28.2. The summed E-state index contributed by atoms with van der Waals surface area (Å²) in [6.45, 7) is 36.5. The van der Waals surface area contributed by atoms with Gasteiger partial charge in [-0.3, -0.25) is 19.2 Å². The molecule has 0 aromatic carbocycles. The van der Waals surface area contributed by atoms with Gasteiger partial charge < -0.3 is 39.2 Å². The standard InChI is InChI=1S/C17H30N2O.C16H28N2O.C15H26N2O.C14H24N2O/c1-14(2)18-10-8-17(9-11-18)12-19(13-17)16(20)15-6-4-3-5-7-15;1-13(2)17-9-7-16(8-10-17)11-18(12-16)15(19)14-5-3-4-6-14;1-12(2)16-8-6-15(7-9-16)10-17(11-15)14(18)13-4-3-5-13;1-11(2)15-7-5-14(6-8-15)9-16(10-14)13(17)12-3-4-12/h14-15H,3-13H2,1-2H3;13-14H,3-12H2,1-2H3;12-13H,3-11H2,1-2H3;11-12H,3-10H2,1-2H3. The number of nitrogens with zero attached hydrogens (tertiary/aromatic N) is 8. The highest BCUT2D eigenvalue weighted by atomic mass is 16.2. The summed E-state index contributed by atoms with van der Waals surface area (Å²) in [5, 5.41) is 0. The van der Waals surface area contributed by atoms with Gasteiger partial charge in [-0.1, -0.05) is 38.5 Å². The first kappa shape index (κ1) is 56.4. The van der Waals surface area contributed by atoms with Gasteiger partial charge in [-0.25, -0.2) is 0 Å². The molecule has 8 saturated heterocycles. The van der Waals surface area contributed by atoms with Crippen molar-refractivity contribution in [3.63, 3.8) is 0 Å². The van der Waals surface area contributed by atoms with E-state index in [0.717, 1.165) is 104 Å². The maximum absolute atomic E-state index is 12.5. The predicted octanol–water partition coefficient (Wildman–Crippen LogP) is 9.26. The van der Waals surface area contributed by atoms with Crippen LogP contribution in [0.5, 0.6) is 0 Å². The van der Waals surface area contributed by atoms with E-state index in [-0.39, 0.29) is 0 Å². The third-order valence-electron chi connectivity index (χ3n) is 21.9. The average Bonchev–Trinajstić information content (AvgIpc) is 4.05. The van der Waals surface area contributed by atoms with Crippen molar-refractivity contribution in [2.24, 2.45) is 45.3 Å². The van der Waals surface area contributed by atoms with Crippen molar-refractivity contribution in [3.05, 3.63) is 0 Å². The van der Waals surface area contributed by atoms with E-state index in [4.69, 9.17) is 0 Å². The molecule has 8 heterocycles. The van der Waals surface area contributed by atoms with Crippen LogP contribution in [0, 0.1) is 45.3 Å². The third-order valence-corrected chi connectivity index (χ3v) is 21.9. The lowest BCUT2D eigenvalue weighted by Crippen LogP contribution is -2.63. The molecular weight excluding hydrogens is 921 g/mol. The van der Waals surface area contributed by atoms with Crippen molar-refractivity contribution in [2.75, 3.05) is 105 Å². The van der Waals surface area contributed by atoms with E-state index in [1.54, 1.807) is 0 Å². The molecule has 4 amide bonds. The van der Waals surface area contributed by atoms with Crippen molar-refractivity contribution in [1.82, 2.24) is 39.2 Å². The summed E-state index contributed by atoms with van der Waals surface area (Å²) in [4.78, 5) is 67.7. The maximum atomic E-state index is 12.5. The van der Waals surface area contributed by atoms with Gasteiger partial charge in [0.15, 0.2) is 0 Å². The Morgan fingerprint density at radius 1 is 0.284 bits per heavy atom. The zero-order valence-corrected chi connectivity index (χ0v) is 48.7. The van der Waals surface area contributed by atoms with Crippen LogP contribution in [0.1, 0.15) is 197 Å². The molecule has 420 valence electrons. The highest BCUT2D eigenvalue weighted by molar-refractivity contribution is 5.82. The van der Waals surface area contributed by atoms with Crippen LogP contribution in [0.25, 0.3) is 0 Å². The molecule has 0 aromatic rings. The number of carbonyl (C=O) groups is 4. The number of hydrogen-bond donors (Lipinski definition) is 0. The summed E-state index contributed by atoms with van der Waals surface area (Å²) < 4.78 is 0. The third kappa shape index (κ3) is 13.2. The Morgan fingerprint density at radius 3 is 0.649 bits per heavy atom. The molecule has 4 aliphatic carbocycles. The molecule has 0 N–H and O–H groups in total. The molecule has 4 spiro atoms. The molecule has 12 nitrogen and oxygen atoms in total. The topological polar surface area (TPSA) is 94.2 Å². The Bertz CT molecular complexity index is 1840. The minimum atomic E-state index is 0.358. The molecular formula is C62H108N8O4. The van der Waals surface area contributed by atoms with Gasteiger partial charge in [-0.15, -0.1) is 0 Å². The van der Waals surface area contributed by atoms with E-state index in [1.807, 2.05) is 0 Å². The lowest BCUT2D eigenvalue weighted by atomic mass is 9.70. The van der Waals surface area contributed by atoms with E-state index in [2.05, 4.69) is 94.6 Å². The van der Waals surface area contributed by atoms with Gasteiger partial charge >= 0.3 is 0 Å². The number of likely N-dealkylation sites (tertiary alicyclic amines) is 8. The average molecular weight is 1030 g/mol. The number of piperidine rings is 4. The Balaban J connectivity index is 0.000000121. The van der Waals surface area contributed by atoms with Gasteiger partial charge in [0.1, 0.15) is 0 Å². The van der Waals surface area contributed by atoms with E-state index < -0.39 is 0 Å². The van der Waals surface area contributed by atoms with E-state index in [0.29, 0.717) is 93.1 Å². The maximum Gasteiger partial charge on any atom is 0.225 e. The second kappa shape index (κ2) is 24.0. The second-order valence-electron chi connectivity index (χ2n) is 28.5. The number of hydrogen-bond acceptors (Lipinski definition) is 8. The molecule has 8 aliphatic heterocycles. The summed E-state index contributed by atoms with van der Waals surface area (Å²) in [7, 11) is 0. The van der Waals surface area contributed by atoms with Gasteiger partial charge in [0.25, 0.3) is 0 Å². The summed E-state index contributed by atoms with van der Waals surface area (Å²) in [5.74, 6) is 3.36. The van der Waals surface area contributed by atoms with Gasteiger partial charge in [0, 0.05) is 122 Å². The van der Waals surface area contributed by atoms with Crippen molar-refractivity contribution in [3.8, 4) is 0 Å². The number of carbonyl (C=O) groups excluding carboxylic acids is 4. The Labute approximate surface area is 451 Å². The summed E-state index contributed by atoms with van der Waals surface area (Å²) in [6.07, 6.45) is 27.1. The molecule has 0 unspecified atom stereocenters. The van der Waals surface area contributed by atoms with E-state index in [9.17, 15) is 19.2 Å². The van der Waals surface area contributed by atoms with Crippen LogP contribution in [0.4, 0.5) is 0 Å². The molecule has 74 heavy (non-hydrogen) atoms. The summed E-state index contributed by atoms with van der Waals surface area (Å²) in [5.41, 5.74) is 1.95. The molecule has 0 atom stereocenters. The van der Waals surface area contributed by atoms with Crippen LogP contribution >= 0.6 is 0 Å². The molecule has 12 fully saturated rings. The highest BCUT2D eigenvalue weighted by Crippen LogP contribution is 2.47. The Kier molecular flexibility index (Phi) is 18.3. The largest absolute Gasteiger partial charge is 0.341 e. The highest BCUT2D eigenvalue weighted by Gasteiger charge is 2.52. The smallest absolute Gasteiger partial charge is 0.225 e. The first-order chi connectivity index (χ1) is 35.4. The minimum absolute atomic E-state index is 0.358. The first-order valence-corrected chi connectivity index (χ1v) is 31.5. The van der Waals surface area contributed by atoms with Gasteiger partial charge in [0.2, 0.25) is 23.6 Å². The van der Waals surface area contributed by atoms with Crippen LogP contribution in [-0.4, -0.2) is 192 Å². The van der Waals surface area contributed by atoms with Gasteiger partial charge in [0.05, 0.1) is 0 Å². The molecule has 0 bridgehead atoms. The fourth-order valence-electron chi connectivity index (χ4n) is 15.5. The Hall–Kier alpha value is -2.28. The van der Waals surface area contributed by atoms with E-state index in [1.165, 1.54) is 142 Å². The summed E-state index contributed by atoms with van der Waals surface area (Å²) in [6, 6.07) is 2.70. The zero-order valence-electron chi connectivity index (χ0n) is 48.7. The quantitative estimate of drug-likeness (QED) is 0.238. The van der Waals surface area contributed by atoms with Crippen LogP contribution < -0.4 is 0 Å². The van der Waals surface area contributed by atoms with Crippen molar-refractivity contribution < 1.29 is 19.2 Å². The van der Waals surface area contributed by atoms with Crippen LogP contribution in [0.15, 0.2) is 0 Å². The predicted molar refractivity (Wildman–Crippen MR) is 298 cm³/mol. The summed E-state index contributed by atoms with van der Waals surface area (Å²) >= 11 is 0.